The smallest absolute Gasteiger partial charge is 0.400 e. The minimum atomic E-state index is -3.94. The van der Waals surface area contributed by atoms with Crippen molar-refractivity contribution in [1.82, 2.24) is 5.43 Å². The van der Waals surface area contributed by atoms with E-state index in [9.17, 15) is 23.3 Å². The van der Waals surface area contributed by atoms with Gasteiger partial charge in [0.05, 0.1) is 17.2 Å². The third kappa shape index (κ3) is 5.21. The van der Waals surface area contributed by atoms with Gasteiger partial charge < -0.3 is 4.42 Å². The van der Waals surface area contributed by atoms with E-state index in [1.54, 1.807) is 0 Å². The van der Waals surface area contributed by atoms with Crippen LogP contribution in [0.15, 0.2) is 75.1 Å². The highest BCUT2D eigenvalue weighted by Gasteiger charge is 2.16. The molecule has 0 saturated carbocycles. The van der Waals surface area contributed by atoms with Crippen LogP contribution in [0.2, 0.25) is 5.02 Å². The van der Waals surface area contributed by atoms with Gasteiger partial charge in [-0.25, -0.2) is 13.8 Å². The maximum Gasteiger partial charge on any atom is 0.433 e. The van der Waals surface area contributed by atoms with Crippen LogP contribution < -0.4 is 10.1 Å². The van der Waals surface area contributed by atoms with Gasteiger partial charge in [-0.3, -0.25) is 19.6 Å². The summed E-state index contributed by atoms with van der Waals surface area (Å²) in [6, 6.07) is 13.9. The molecule has 10 nitrogen and oxygen atoms in total. The Morgan fingerprint density at radius 3 is 2.53 bits per heavy atom. The number of hydrogen-bond acceptors (Lipinski definition) is 7. The van der Waals surface area contributed by atoms with E-state index >= 15 is 0 Å². The minimum absolute atomic E-state index is 0.0385. The second kappa shape index (κ2) is 8.76. The first kappa shape index (κ1) is 21.0. The van der Waals surface area contributed by atoms with Gasteiger partial charge in [0.15, 0.2) is 5.76 Å². The lowest BCUT2D eigenvalue weighted by atomic mass is 10.2. The predicted molar refractivity (Wildman–Crippen MR) is 109 cm³/mol. The number of nitrogens with one attached hydrogen (secondary N) is 2. The summed E-state index contributed by atoms with van der Waals surface area (Å²) in [4.78, 5) is 22.0. The maximum absolute atomic E-state index is 12.5. The molecule has 1 aromatic heterocycles. The maximum atomic E-state index is 12.5. The van der Waals surface area contributed by atoms with Crippen LogP contribution in [0.3, 0.4) is 0 Å². The van der Waals surface area contributed by atoms with Crippen molar-refractivity contribution in [1.29, 1.82) is 0 Å². The van der Waals surface area contributed by atoms with Gasteiger partial charge in [0.1, 0.15) is 4.92 Å². The van der Waals surface area contributed by atoms with Crippen molar-refractivity contribution in [3.05, 3.63) is 87.1 Å². The number of hydrazone groups is 1. The average molecular weight is 449 g/mol. The van der Waals surface area contributed by atoms with Crippen LogP contribution in [0.4, 0.5) is 11.6 Å². The molecule has 0 unspecified atom stereocenters. The third-order valence-electron chi connectivity index (χ3n) is 3.65. The van der Waals surface area contributed by atoms with Crippen LogP contribution >= 0.6 is 11.6 Å². The Kier molecular flexibility index (Phi) is 6.14. The second-order valence-electron chi connectivity index (χ2n) is 5.77. The van der Waals surface area contributed by atoms with E-state index in [0.29, 0.717) is 10.7 Å². The molecule has 30 heavy (non-hydrogen) atoms. The first-order chi connectivity index (χ1) is 14.2. The Bertz CT molecular complexity index is 1220. The summed E-state index contributed by atoms with van der Waals surface area (Å²) in [6.07, 6.45) is 1.08. The monoisotopic (exact) mass is 448 g/mol. The Labute approximate surface area is 175 Å². The number of halogens is 1. The van der Waals surface area contributed by atoms with Gasteiger partial charge in [-0.1, -0.05) is 17.7 Å². The zero-order valence-electron chi connectivity index (χ0n) is 15.0. The van der Waals surface area contributed by atoms with Gasteiger partial charge in [-0.05, 0) is 48.5 Å². The number of hydrogen-bond donors (Lipinski definition) is 2. The summed E-state index contributed by atoms with van der Waals surface area (Å²) in [5.74, 6) is -1.09. The lowest BCUT2D eigenvalue weighted by Crippen LogP contribution is -2.19. The van der Waals surface area contributed by atoms with Crippen LogP contribution in [0.1, 0.15) is 16.1 Å². The molecule has 0 fully saturated rings. The SMILES string of the molecule is O=C(N/N=C/c1ccc([N+](=O)[O-])o1)c1cccc(S(=O)(=O)Nc2ccc(Cl)cc2)c1. The highest BCUT2D eigenvalue weighted by atomic mass is 35.5. The van der Waals surface area contributed by atoms with E-state index in [1.165, 1.54) is 54.6 Å². The molecule has 12 heteroatoms. The predicted octanol–water partition coefficient (Wildman–Crippen LogP) is 3.41. The molecule has 3 aromatic rings. The number of benzene rings is 2. The summed E-state index contributed by atoms with van der Waals surface area (Å²) >= 11 is 5.78. The largest absolute Gasteiger partial charge is 0.433 e. The van der Waals surface area contributed by atoms with E-state index in [2.05, 4.69) is 15.2 Å². The standard InChI is InChI=1S/C18H13ClN4O6S/c19-13-4-6-14(7-5-13)22-30(27,28)16-3-1-2-12(10-16)18(24)21-20-11-15-8-9-17(29-15)23(25)26/h1-11,22H,(H,21,24)/b20-11+. The van der Waals surface area contributed by atoms with E-state index < -0.39 is 26.7 Å². The summed E-state index contributed by atoms with van der Waals surface area (Å²) in [5.41, 5.74) is 2.54. The second-order valence-corrected chi connectivity index (χ2v) is 7.89. The number of nitro groups is 1. The lowest BCUT2D eigenvalue weighted by molar-refractivity contribution is -0.402. The molecular weight excluding hydrogens is 436 g/mol. The summed E-state index contributed by atoms with van der Waals surface area (Å²) in [7, 11) is -3.94. The first-order valence-electron chi connectivity index (χ1n) is 8.21. The van der Waals surface area contributed by atoms with E-state index in [4.69, 9.17) is 16.0 Å². The molecule has 0 spiro atoms. The van der Waals surface area contributed by atoms with Crippen LogP contribution in [-0.2, 0) is 10.0 Å². The zero-order chi connectivity index (χ0) is 21.7. The van der Waals surface area contributed by atoms with Crippen molar-refractivity contribution in [3.8, 4) is 0 Å². The van der Waals surface area contributed by atoms with Crippen molar-refractivity contribution in [3.63, 3.8) is 0 Å². The number of sulfonamides is 1. The van der Waals surface area contributed by atoms with Gasteiger partial charge in [0.25, 0.3) is 15.9 Å². The molecule has 0 radical (unpaired) electrons. The van der Waals surface area contributed by atoms with Gasteiger partial charge in [-0.15, -0.1) is 0 Å². The molecule has 1 amide bonds. The van der Waals surface area contributed by atoms with Crippen molar-refractivity contribution in [2.45, 2.75) is 4.90 Å². The van der Waals surface area contributed by atoms with E-state index in [0.717, 1.165) is 12.3 Å². The number of furan rings is 1. The summed E-state index contributed by atoms with van der Waals surface area (Å²) in [6.45, 7) is 0. The van der Waals surface area contributed by atoms with E-state index in [-0.39, 0.29) is 16.2 Å². The molecule has 0 aliphatic rings. The molecule has 2 aromatic carbocycles. The fourth-order valence-electron chi connectivity index (χ4n) is 2.27. The number of rotatable bonds is 7. The van der Waals surface area contributed by atoms with Crippen molar-refractivity contribution >= 4 is 45.3 Å². The highest BCUT2D eigenvalue weighted by Crippen LogP contribution is 2.19. The first-order valence-corrected chi connectivity index (χ1v) is 10.1. The minimum Gasteiger partial charge on any atom is -0.400 e. The van der Waals surface area contributed by atoms with Crippen LogP contribution in [0.5, 0.6) is 0 Å². The number of nitrogens with zero attached hydrogens (tertiary/aromatic N) is 2. The molecule has 3 rings (SSSR count). The molecule has 0 bridgehead atoms. The zero-order valence-corrected chi connectivity index (χ0v) is 16.6. The van der Waals surface area contributed by atoms with Crippen molar-refractivity contribution in [2.75, 3.05) is 4.72 Å². The van der Waals surface area contributed by atoms with Gasteiger partial charge in [0, 0.05) is 16.3 Å². The van der Waals surface area contributed by atoms with Gasteiger partial charge in [0.2, 0.25) is 0 Å². The third-order valence-corrected chi connectivity index (χ3v) is 5.28. The van der Waals surface area contributed by atoms with Crippen LogP contribution in [0, 0.1) is 10.1 Å². The summed E-state index contributed by atoms with van der Waals surface area (Å²) in [5, 5.41) is 14.7. The topological polar surface area (TPSA) is 144 Å². The number of amides is 1. The molecule has 0 aliphatic carbocycles. The normalized spacial score (nSPS) is 11.4. The average Bonchev–Trinajstić information content (AvgIpc) is 3.19. The van der Waals surface area contributed by atoms with E-state index in [1.807, 2.05) is 0 Å². The Hall–Kier alpha value is -3.70. The van der Waals surface area contributed by atoms with Crippen LogP contribution in [0.25, 0.3) is 0 Å². The van der Waals surface area contributed by atoms with Crippen molar-refractivity contribution in [2.24, 2.45) is 5.10 Å². The quantitative estimate of drug-likeness (QED) is 0.322. The molecule has 0 atom stereocenters. The Morgan fingerprint density at radius 2 is 1.87 bits per heavy atom. The molecule has 0 saturated heterocycles. The van der Waals surface area contributed by atoms with Gasteiger partial charge >= 0.3 is 5.88 Å². The molecule has 2 N–H and O–H groups in total. The molecule has 154 valence electrons. The molecular formula is C18H13ClN4O6S. The number of carbonyl (C=O) groups excluding carboxylic acids is 1. The lowest BCUT2D eigenvalue weighted by Gasteiger charge is -2.09. The van der Waals surface area contributed by atoms with Gasteiger partial charge in [-0.2, -0.15) is 5.10 Å². The Balaban J connectivity index is 1.70. The number of anilines is 1. The fraction of sp³-hybridized carbons (Fsp3) is 0. The van der Waals surface area contributed by atoms with Crippen molar-refractivity contribution < 1.29 is 22.6 Å². The number of carbonyl (C=O) groups is 1. The fourth-order valence-corrected chi connectivity index (χ4v) is 3.50. The molecule has 0 aliphatic heterocycles. The van der Waals surface area contributed by atoms with Crippen LogP contribution in [-0.4, -0.2) is 25.5 Å². The summed E-state index contributed by atoms with van der Waals surface area (Å²) < 4.78 is 32.3. The molecule has 1 heterocycles. The highest BCUT2D eigenvalue weighted by molar-refractivity contribution is 7.92. The Morgan fingerprint density at radius 1 is 1.13 bits per heavy atom.